The fraction of sp³-hybridized carbons (Fsp3) is 0.333. The first-order chi connectivity index (χ1) is 11.4. The lowest BCUT2D eigenvalue weighted by atomic mass is 9.96. The third-order valence-corrected chi connectivity index (χ3v) is 5.85. The smallest absolute Gasteiger partial charge is 0.0707 e. The fourth-order valence-electron chi connectivity index (χ4n) is 4.95. The van der Waals surface area contributed by atoms with E-state index in [0.29, 0.717) is 12.1 Å². The topological polar surface area (TPSA) is 6.48 Å². The van der Waals surface area contributed by atoms with E-state index < -0.39 is 0 Å². The van der Waals surface area contributed by atoms with Crippen LogP contribution >= 0.6 is 0 Å². The van der Waals surface area contributed by atoms with E-state index in [0.717, 1.165) is 26.1 Å². The largest absolute Gasteiger partial charge is 0.361 e. The number of piperazine rings is 1. The molecule has 0 aromatic heterocycles. The van der Waals surface area contributed by atoms with Gasteiger partial charge in [0.25, 0.3) is 0 Å². The molecule has 2 heterocycles. The van der Waals surface area contributed by atoms with Gasteiger partial charge >= 0.3 is 0 Å². The molecule has 0 bridgehead atoms. The van der Waals surface area contributed by atoms with Crippen molar-refractivity contribution >= 4 is 5.69 Å². The van der Waals surface area contributed by atoms with Crippen molar-refractivity contribution in [3.05, 3.63) is 77.4 Å². The van der Waals surface area contributed by atoms with E-state index in [1.165, 1.54) is 23.2 Å². The van der Waals surface area contributed by atoms with Crippen molar-refractivity contribution < 1.29 is 0 Å². The summed E-state index contributed by atoms with van der Waals surface area (Å²) in [5.41, 5.74) is 7.63. The van der Waals surface area contributed by atoms with Crippen LogP contribution in [0.3, 0.4) is 0 Å². The van der Waals surface area contributed by atoms with E-state index in [4.69, 9.17) is 0 Å². The second-order valence-electron chi connectivity index (χ2n) is 6.99. The zero-order chi connectivity index (χ0) is 15.4. The van der Waals surface area contributed by atoms with E-state index in [1.807, 2.05) is 0 Å². The second kappa shape index (κ2) is 4.97. The first-order valence-corrected chi connectivity index (χ1v) is 8.67. The van der Waals surface area contributed by atoms with Crippen molar-refractivity contribution in [2.24, 2.45) is 0 Å². The Labute approximate surface area is 138 Å². The van der Waals surface area contributed by atoms with Gasteiger partial charge in [0.1, 0.15) is 0 Å². The highest BCUT2D eigenvalue weighted by molar-refractivity contribution is 5.63. The van der Waals surface area contributed by atoms with Crippen LogP contribution < -0.4 is 4.90 Å². The molecular weight excluding hydrogens is 280 g/mol. The Morgan fingerprint density at radius 1 is 1.00 bits per heavy atom. The maximum absolute atomic E-state index is 3.97. The summed E-state index contributed by atoms with van der Waals surface area (Å²) >= 11 is 0. The number of benzene rings is 2. The van der Waals surface area contributed by atoms with Crippen LogP contribution in [0.25, 0.3) is 0 Å². The number of fused-ring (bicyclic) bond motifs is 2. The fourth-order valence-corrected chi connectivity index (χ4v) is 4.95. The first-order valence-electron chi connectivity index (χ1n) is 8.67. The molecule has 5 rings (SSSR count). The Balaban J connectivity index is 1.71. The number of nitrogens with zero attached hydrogens (tertiary/aromatic N) is 2. The average Bonchev–Trinajstić information content (AvgIpc) is 2.90. The molecule has 2 aromatic rings. The van der Waals surface area contributed by atoms with Crippen LogP contribution in [-0.2, 0) is 12.8 Å². The third-order valence-electron chi connectivity index (χ3n) is 5.85. The Bertz CT molecular complexity index is 779. The molecule has 116 valence electrons. The standard InChI is InChI=1S/C21H22N2/c1-2-10-22-11-12-23-18-9-4-3-6-15(18)13-16-7-5-8-17-14-19(22)21(23)20(16)17/h2-9,19,21H,1,10-14H2/t19-,21+/m0/s1. The third kappa shape index (κ3) is 1.85. The van der Waals surface area contributed by atoms with Crippen LogP contribution in [0.4, 0.5) is 5.69 Å². The van der Waals surface area contributed by atoms with Gasteiger partial charge in [0, 0.05) is 31.4 Å². The molecule has 0 radical (unpaired) electrons. The summed E-state index contributed by atoms with van der Waals surface area (Å²) < 4.78 is 0. The van der Waals surface area contributed by atoms with Gasteiger partial charge < -0.3 is 4.90 Å². The number of rotatable bonds is 2. The maximum Gasteiger partial charge on any atom is 0.0707 e. The monoisotopic (exact) mass is 302 g/mol. The van der Waals surface area contributed by atoms with E-state index in [-0.39, 0.29) is 0 Å². The molecule has 0 amide bonds. The van der Waals surface area contributed by atoms with Crippen molar-refractivity contribution in [1.29, 1.82) is 0 Å². The molecule has 2 nitrogen and oxygen atoms in total. The van der Waals surface area contributed by atoms with Gasteiger partial charge in [-0.2, -0.15) is 0 Å². The predicted octanol–water partition coefficient (Wildman–Crippen LogP) is 3.56. The Kier molecular flexibility index (Phi) is 2.89. The second-order valence-corrected chi connectivity index (χ2v) is 6.99. The van der Waals surface area contributed by atoms with Crippen LogP contribution in [-0.4, -0.2) is 30.6 Å². The van der Waals surface area contributed by atoms with Crippen LogP contribution in [0.1, 0.15) is 28.3 Å². The predicted molar refractivity (Wildman–Crippen MR) is 95.0 cm³/mol. The van der Waals surface area contributed by atoms with E-state index >= 15 is 0 Å². The molecule has 3 aliphatic rings. The summed E-state index contributed by atoms with van der Waals surface area (Å²) in [5, 5.41) is 0. The molecule has 2 heteroatoms. The molecule has 0 N–H and O–H groups in total. The average molecular weight is 302 g/mol. The number of para-hydroxylation sites is 1. The Hall–Kier alpha value is -2.06. The summed E-state index contributed by atoms with van der Waals surface area (Å²) in [6.07, 6.45) is 4.31. The van der Waals surface area contributed by atoms with Gasteiger partial charge in [0.2, 0.25) is 0 Å². The molecule has 0 unspecified atom stereocenters. The van der Waals surface area contributed by atoms with Gasteiger partial charge in [0.05, 0.1) is 6.04 Å². The first kappa shape index (κ1) is 13.4. The number of hydrogen-bond acceptors (Lipinski definition) is 2. The zero-order valence-corrected chi connectivity index (χ0v) is 13.4. The maximum atomic E-state index is 3.97. The van der Waals surface area contributed by atoms with E-state index in [9.17, 15) is 0 Å². The molecular formula is C21H22N2. The quantitative estimate of drug-likeness (QED) is 0.783. The summed E-state index contributed by atoms with van der Waals surface area (Å²) in [5.74, 6) is 0. The lowest BCUT2D eigenvalue weighted by Crippen LogP contribution is -2.53. The van der Waals surface area contributed by atoms with Crippen LogP contribution in [0.2, 0.25) is 0 Å². The number of hydrogen-bond donors (Lipinski definition) is 0. The van der Waals surface area contributed by atoms with E-state index in [1.54, 1.807) is 11.1 Å². The van der Waals surface area contributed by atoms with Gasteiger partial charge in [-0.25, -0.2) is 0 Å². The van der Waals surface area contributed by atoms with Crippen LogP contribution in [0.5, 0.6) is 0 Å². The van der Waals surface area contributed by atoms with Crippen LogP contribution in [0, 0.1) is 0 Å². The highest BCUT2D eigenvalue weighted by atomic mass is 15.3. The Morgan fingerprint density at radius 2 is 1.83 bits per heavy atom. The lowest BCUT2D eigenvalue weighted by molar-refractivity contribution is 0.166. The highest BCUT2D eigenvalue weighted by Gasteiger charge is 2.45. The minimum atomic E-state index is 0.513. The highest BCUT2D eigenvalue weighted by Crippen LogP contribution is 2.48. The molecule has 2 atom stereocenters. The van der Waals surface area contributed by atoms with Gasteiger partial charge in [-0.05, 0) is 41.2 Å². The van der Waals surface area contributed by atoms with Crippen molar-refractivity contribution in [1.82, 2.24) is 4.90 Å². The van der Waals surface area contributed by atoms with Gasteiger partial charge in [-0.1, -0.05) is 42.5 Å². The minimum Gasteiger partial charge on any atom is -0.361 e. The molecule has 0 spiro atoms. The van der Waals surface area contributed by atoms with Crippen LogP contribution in [0.15, 0.2) is 55.1 Å². The van der Waals surface area contributed by atoms with Crippen molar-refractivity contribution in [3.63, 3.8) is 0 Å². The SMILES string of the molecule is C=CCN1CCN2c3ccccc3Cc3cccc4c3[C@H]2[C@@H]1C4. The lowest BCUT2D eigenvalue weighted by Gasteiger charge is -2.46. The zero-order valence-electron chi connectivity index (χ0n) is 13.4. The van der Waals surface area contributed by atoms with Gasteiger partial charge in [-0.3, -0.25) is 4.90 Å². The normalized spacial score (nSPS) is 24.8. The molecule has 0 saturated carbocycles. The molecule has 2 aromatic carbocycles. The molecule has 2 aliphatic heterocycles. The summed E-state index contributed by atoms with van der Waals surface area (Å²) in [6.45, 7) is 7.21. The number of anilines is 1. The minimum absolute atomic E-state index is 0.513. The van der Waals surface area contributed by atoms with Gasteiger partial charge in [0.15, 0.2) is 0 Å². The molecule has 1 aliphatic carbocycles. The Morgan fingerprint density at radius 3 is 2.74 bits per heavy atom. The molecule has 23 heavy (non-hydrogen) atoms. The van der Waals surface area contributed by atoms with Crippen molar-refractivity contribution in [2.45, 2.75) is 24.9 Å². The van der Waals surface area contributed by atoms with Crippen molar-refractivity contribution in [3.8, 4) is 0 Å². The van der Waals surface area contributed by atoms with Crippen molar-refractivity contribution in [2.75, 3.05) is 24.5 Å². The summed E-state index contributed by atoms with van der Waals surface area (Å²) in [7, 11) is 0. The molecule has 1 fully saturated rings. The van der Waals surface area contributed by atoms with E-state index in [2.05, 4.69) is 64.9 Å². The molecule has 1 saturated heterocycles. The summed E-state index contributed by atoms with van der Waals surface area (Å²) in [4.78, 5) is 5.31. The summed E-state index contributed by atoms with van der Waals surface area (Å²) in [6, 6.07) is 17.0. The van der Waals surface area contributed by atoms with Gasteiger partial charge in [-0.15, -0.1) is 6.58 Å².